The maximum atomic E-state index is 13.2. The van der Waals surface area contributed by atoms with E-state index in [-0.39, 0.29) is 30.6 Å². The number of rotatable bonds is 9. The fourth-order valence-corrected chi connectivity index (χ4v) is 4.40. The molecule has 0 unspecified atom stereocenters. The van der Waals surface area contributed by atoms with Crippen LogP contribution in [0.1, 0.15) is 26.6 Å². The molecule has 0 atom stereocenters. The van der Waals surface area contributed by atoms with Gasteiger partial charge in [-0.2, -0.15) is 13.8 Å². The number of thiophene rings is 1. The lowest BCUT2D eigenvalue weighted by atomic mass is 10.1. The molecule has 0 saturated heterocycles. The summed E-state index contributed by atoms with van der Waals surface area (Å²) in [7, 11) is 6.04. The van der Waals surface area contributed by atoms with Gasteiger partial charge in [-0.3, -0.25) is 4.79 Å². The van der Waals surface area contributed by atoms with Crippen LogP contribution in [0.15, 0.2) is 18.2 Å². The second-order valence-electron chi connectivity index (χ2n) is 6.84. The Hall–Kier alpha value is -3.05. The highest BCUT2D eigenvalue weighted by Crippen LogP contribution is 2.36. The Morgan fingerprint density at radius 3 is 2.53 bits per heavy atom. The number of hydrogen-bond acceptors (Lipinski definition) is 8. The summed E-state index contributed by atoms with van der Waals surface area (Å²) < 4.78 is 45.5. The summed E-state index contributed by atoms with van der Waals surface area (Å²) >= 11 is 1.24. The number of methoxy groups -OCH3 is 3. The molecule has 0 aliphatic heterocycles. The third kappa shape index (κ3) is 4.89. The van der Waals surface area contributed by atoms with E-state index in [1.165, 1.54) is 42.6 Å². The molecule has 3 aromatic rings. The number of aryl methyl sites for hydroxylation is 1. The highest BCUT2D eigenvalue weighted by Gasteiger charge is 2.24. The zero-order valence-electron chi connectivity index (χ0n) is 18.3. The third-order valence-electron chi connectivity index (χ3n) is 4.67. The van der Waals surface area contributed by atoms with Crippen molar-refractivity contribution in [3.8, 4) is 17.4 Å². The quantitative estimate of drug-likeness (QED) is 0.470. The lowest BCUT2D eigenvalue weighted by Gasteiger charge is -2.18. The van der Waals surface area contributed by atoms with Crippen molar-refractivity contribution < 1.29 is 32.5 Å². The standard InChI is InChI=1S/C21H23F2N3O5S/c1-11-16-18(30-5)24-15(10-28-3)25-19(16)32-17(11)20(27)26(2)9-12-6-7-13(29-4)14(8-12)31-21(22)23/h6-8,21H,9-10H2,1-5H3. The molecule has 1 aromatic carbocycles. The van der Waals surface area contributed by atoms with Crippen LogP contribution in [0.2, 0.25) is 0 Å². The van der Waals surface area contributed by atoms with E-state index < -0.39 is 6.61 Å². The molecular weight excluding hydrogens is 444 g/mol. The minimum Gasteiger partial charge on any atom is -0.493 e. The number of carbonyl (C=O) groups is 1. The Balaban J connectivity index is 1.89. The first-order valence-corrected chi connectivity index (χ1v) is 10.3. The molecule has 172 valence electrons. The van der Waals surface area contributed by atoms with E-state index in [1.54, 1.807) is 20.2 Å². The molecule has 8 nitrogen and oxygen atoms in total. The summed E-state index contributed by atoms with van der Waals surface area (Å²) in [5, 5.41) is 0.672. The molecule has 0 fully saturated rings. The number of aromatic nitrogens is 2. The average molecular weight is 467 g/mol. The predicted octanol–water partition coefficient (Wildman–Crippen LogP) is 4.04. The molecule has 11 heteroatoms. The third-order valence-corrected chi connectivity index (χ3v) is 5.85. The number of fused-ring (bicyclic) bond motifs is 1. The molecule has 2 heterocycles. The Morgan fingerprint density at radius 2 is 1.91 bits per heavy atom. The fourth-order valence-electron chi connectivity index (χ4n) is 3.22. The minimum atomic E-state index is -2.99. The van der Waals surface area contributed by atoms with Crippen LogP contribution in [0, 0.1) is 6.92 Å². The Labute approximate surface area is 187 Å². The van der Waals surface area contributed by atoms with Crippen molar-refractivity contribution in [2.45, 2.75) is 26.7 Å². The van der Waals surface area contributed by atoms with Crippen molar-refractivity contribution >= 4 is 27.5 Å². The van der Waals surface area contributed by atoms with Crippen molar-refractivity contribution in [3.63, 3.8) is 0 Å². The van der Waals surface area contributed by atoms with E-state index in [1.807, 2.05) is 6.92 Å². The summed E-state index contributed by atoms with van der Waals surface area (Å²) in [5.41, 5.74) is 1.31. The van der Waals surface area contributed by atoms with E-state index in [0.29, 0.717) is 37.9 Å². The van der Waals surface area contributed by atoms with Gasteiger partial charge in [0.2, 0.25) is 5.88 Å². The van der Waals surface area contributed by atoms with Gasteiger partial charge in [-0.15, -0.1) is 11.3 Å². The average Bonchev–Trinajstić information content (AvgIpc) is 3.09. The SMILES string of the molecule is COCc1nc(OC)c2c(C)c(C(=O)N(C)Cc3ccc(OC)c(OC(F)F)c3)sc2n1. The molecule has 0 aliphatic rings. The maximum Gasteiger partial charge on any atom is 0.387 e. The van der Waals surface area contributed by atoms with Gasteiger partial charge < -0.3 is 23.8 Å². The number of hydrogen-bond donors (Lipinski definition) is 0. The lowest BCUT2D eigenvalue weighted by molar-refractivity contribution is -0.0512. The molecule has 0 spiro atoms. The van der Waals surface area contributed by atoms with Gasteiger partial charge in [-0.05, 0) is 30.2 Å². The van der Waals surface area contributed by atoms with Crippen molar-refractivity contribution in [2.75, 3.05) is 28.4 Å². The summed E-state index contributed by atoms with van der Waals surface area (Å²) in [6.45, 7) is -0.788. The van der Waals surface area contributed by atoms with E-state index in [4.69, 9.17) is 14.2 Å². The summed E-state index contributed by atoms with van der Waals surface area (Å²) in [5.74, 6) is 0.676. The molecule has 3 rings (SSSR count). The number of nitrogens with zero attached hydrogens (tertiary/aromatic N) is 3. The van der Waals surface area contributed by atoms with Crippen LogP contribution < -0.4 is 14.2 Å². The van der Waals surface area contributed by atoms with Crippen molar-refractivity contribution in [1.82, 2.24) is 14.9 Å². The van der Waals surface area contributed by atoms with Crippen LogP contribution in [0.3, 0.4) is 0 Å². The van der Waals surface area contributed by atoms with Crippen molar-refractivity contribution in [2.24, 2.45) is 0 Å². The summed E-state index contributed by atoms with van der Waals surface area (Å²) in [6, 6.07) is 4.64. The molecular formula is C21H23F2N3O5S. The van der Waals surface area contributed by atoms with Crippen LogP contribution in [0.25, 0.3) is 10.2 Å². The fraction of sp³-hybridized carbons (Fsp3) is 0.381. The summed E-state index contributed by atoms with van der Waals surface area (Å²) in [4.78, 5) is 24.6. The number of alkyl halides is 2. The minimum absolute atomic E-state index is 0.0930. The molecule has 2 aromatic heterocycles. The van der Waals surface area contributed by atoms with Gasteiger partial charge in [0.25, 0.3) is 5.91 Å². The van der Waals surface area contributed by atoms with E-state index in [2.05, 4.69) is 14.7 Å². The van der Waals surface area contributed by atoms with Gasteiger partial charge in [0.05, 0.1) is 24.5 Å². The van der Waals surface area contributed by atoms with Crippen LogP contribution in [0.5, 0.6) is 17.4 Å². The van der Waals surface area contributed by atoms with E-state index in [0.717, 1.165) is 0 Å². The highest BCUT2D eigenvalue weighted by molar-refractivity contribution is 7.20. The number of ether oxygens (including phenoxy) is 4. The van der Waals surface area contributed by atoms with Crippen LogP contribution in [-0.2, 0) is 17.9 Å². The largest absolute Gasteiger partial charge is 0.493 e. The number of halogens is 2. The summed E-state index contributed by atoms with van der Waals surface area (Å²) in [6.07, 6.45) is 0. The number of carbonyl (C=O) groups excluding carboxylic acids is 1. The van der Waals surface area contributed by atoms with Crippen molar-refractivity contribution in [1.29, 1.82) is 0 Å². The Morgan fingerprint density at radius 1 is 1.16 bits per heavy atom. The Bertz CT molecular complexity index is 1120. The molecule has 0 N–H and O–H groups in total. The normalized spacial score (nSPS) is 11.1. The molecule has 1 amide bonds. The topological polar surface area (TPSA) is 83.0 Å². The molecule has 32 heavy (non-hydrogen) atoms. The second kappa shape index (κ2) is 10.0. The van der Waals surface area contributed by atoms with Gasteiger partial charge in [0, 0.05) is 20.7 Å². The van der Waals surface area contributed by atoms with Gasteiger partial charge in [0.15, 0.2) is 17.3 Å². The lowest BCUT2D eigenvalue weighted by Crippen LogP contribution is -2.26. The first kappa shape index (κ1) is 23.6. The monoisotopic (exact) mass is 467 g/mol. The second-order valence-corrected chi connectivity index (χ2v) is 7.84. The molecule has 0 aliphatic carbocycles. The van der Waals surface area contributed by atoms with Gasteiger partial charge >= 0.3 is 6.61 Å². The van der Waals surface area contributed by atoms with Crippen LogP contribution in [0.4, 0.5) is 8.78 Å². The van der Waals surface area contributed by atoms with Gasteiger partial charge in [-0.25, -0.2) is 4.98 Å². The van der Waals surface area contributed by atoms with Crippen LogP contribution >= 0.6 is 11.3 Å². The predicted molar refractivity (Wildman–Crippen MR) is 115 cm³/mol. The Kier molecular flexibility index (Phi) is 7.41. The maximum absolute atomic E-state index is 13.2. The van der Waals surface area contributed by atoms with E-state index in [9.17, 15) is 13.6 Å². The van der Waals surface area contributed by atoms with Crippen molar-refractivity contribution in [3.05, 3.63) is 40.0 Å². The smallest absolute Gasteiger partial charge is 0.387 e. The number of amides is 1. The first-order chi connectivity index (χ1) is 15.3. The zero-order chi connectivity index (χ0) is 23.4. The molecule has 0 bridgehead atoms. The van der Waals surface area contributed by atoms with Gasteiger partial charge in [-0.1, -0.05) is 6.07 Å². The van der Waals surface area contributed by atoms with E-state index >= 15 is 0 Å². The molecule has 0 saturated carbocycles. The molecule has 0 radical (unpaired) electrons. The first-order valence-electron chi connectivity index (χ1n) is 9.49. The van der Waals surface area contributed by atoms with Gasteiger partial charge in [0.1, 0.15) is 11.4 Å². The highest BCUT2D eigenvalue weighted by atomic mass is 32.1. The number of benzene rings is 1. The van der Waals surface area contributed by atoms with Crippen LogP contribution in [-0.4, -0.2) is 55.8 Å². The zero-order valence-corrected chi connectivity index (χ0v) is 19.1.